The number of pyridine rings is 1. The van der Waals surface area contributed by atoms with Crippen LogP contribution in [0.4, 0.5) is 0 Å². The van der Waals surface area contributed by atoms with Crippen LogP contribution in [-0.4, -0.2) is 13.4 Å². The molecule has 7 heteroatoms. The van der Waals surface area contributed by atoms with E-state index in [2.05, 4.69) is 9.71 Å². The fourth-order valence-corrected chi connectivity index (χ4v) is 4.51. The SMILES string of the molecule is Cc1cc(S(=O)(=O)NC(C)c2ccccn2)sc1CN. The van der Waals surface area contributed by atoms with Crippen LogP contribution in [0.5, 0.6) is 0 Å². The number of nitrogens with two attached hydrogens (primary N) is 1. The van der Waals surface area contributed by atoms with Crippen LogP contribution in [-0.2, 0) is 16.6 Å². The minimum absolute atomic E-state index is 0.290. The molecule has 0 spiro atoms. The molecule has 0 radical (unpaired) electrons. The number of nitrogens with zero attached hydrogens (tertiary/aromatic N) is 1. The summed E-state index contributed by atoms with van der Waals surface area (Å²) in [6.45, 7) is 3.98. The van der Waals surface area contributed by atoms with Gasteiger partial charge in [-0.05, 0) is 37.6 Å². The van der Waals surface area contributed by atoms with Crippen molar-refractivity contribution in [2.75, 3.05) is 0 Å². The van der Waals surface area contributed by atoms with Gasteiger partial charge in [-0.25, -0.2) is 13.1 Å². The summed E-state index contributed by atoms with van der Waals surface area (Å²) in [5, 5.41) is 0. The molecule has 108 valence electrons. The lowest BCUT2D eigenvalue weighted by Gasteiger charge is -2.12. The van der Waals surface area contributed by atoms with Crippen LogP contribution in [0.1, 0.15) is 29.1 Å². The summed E-state index contributed by atoms with van der Waals surface area (Å²) in [6.07, 6.45) is 1.64. The predicted molar refractivity (Wildman–Crippen MR) is 79.9 cm³/mol. The lowest BCUT2D eigenvalue weighted by Crippen LogP contribution is -2.26. The Labute approximate surface area is 122 Å². The summed E-state index contributed by atoms with van der Waals surface area (Å²) in [4.78, 5) is 5.04. The number of aryl methyl sites for hydroxylation is 1. The fourth-order valence-electron chi connectivity index (χ4n) is 1.81. The topological polar surface area (TPSA) is 85.1 Å². The van der Waals surface area contributed by atoms with Gasteiger partial charge in [-0.15, -0.1) is 11.3 Å². The molecule has 0 aliphatic rings. The summed E-state index contributed by atoms with van der Waals surface area (Å²) >= 11 is 1.21. The monoisotopic (exact) mass is 311 g/mol. The second-order valence-electron chi connectivity index (χ2n) is 4.47. The molecule has 2 aromatic rings. The molecule has 0 aliphatic carbocycles. The minimum Gasteiger partial charge on any atom is -0.326 e. The lowest BCUT2D eigenvalue weighted by atomic mass is 10.2. The molecule has 0 saturated heterocycles. The molecule has 2 rings (SSSR count). The zero-order chi connectivity index (χ0) is 14.8. The summed E-state index contributed by atoms with van der Waals surface area (Å²) < 4.78 is 27.6. The van der Waals surface area contributed by atoms with Gasteiger partial charge in [0.1, 0.15) is 4.21 Å². The van der Waals surface area contributed by atoms with Crippen molar-refractivity contribution in [1.82, 2.24) is 9.71 Å². The number of hydrogen-bond donors (Lipinski definition) is 2. The van der Waals surface area contributed by atoms with E-state index < -0.39 is 10.0 Å². The third-order valence-corrected chi connectivity index (χ3v) is 6.19. The third kappa shape index (κ3) is 3.24. The van der Waals surface area contributed by atoms with Gasteiger partial charge in [-0.3, -0.25) is 4.98 Å². The van der Waals surface area contributed by atoms with Crippen molar-refractivity contribution < 1.29 is 8.42 Å². The van der Waals surface area contributed by atoms with Gasteiger partial charge in [0.05, 0.1) is 11.7 Å². The number of sulfonamides is 1. The molecule has 0 saturated carbocycles. The number of thiophene rings is 1. The van der Waals surface area contributed by atoms with Crippen LogP contribution in [0.25, 0.3) is 0 Å². The third-order valence-electron chi connectivity index (χ3n) is 2.91. The lowest BCUT2D eigenvalue weighted by molar-refractivity contribution is 0.566. The van der Waals surface area contributed by atoms with Gasteiger partial charge in [0.15, 0.2) is 0 Å². The summed E-state index contributed by atoms with van der Waals surface area (Å²) in [7, 11) is -3.55. The molecular formula is C13H17N3O2S2. The van der Waals surface area contributed by atoms with Gasteiger partial charge in [0.2, 0.25) is 0 Å². The van der Waals surface area contributed by atoms with E-state index in [4.69, 9.17) is 5.73 Å². The van der Waals surface area contributed by atoms with E-state index in [-0.39, 0.29) is 6.04 Å². The molecule has 1 atom stereocenters. The highest BCUT2D eigenvalue weighted by Gasteiger charge is 2.21. The molecule has 2 heterocycles. The van der Waals surface area contributed by atoms with Crippen molar-refractivity contribution in [2.45, 2.75) is 30.6 Å². The average molecular weight is 311 g/mol. The second-order valence-corrected chi connectivity index (χ2v) is 7.55. The Morgan fingerprint density at radius 1 is 1.45 bits per heavy atom. The Morgan fingerprint density at radius 3 is 2.75 bits per heavy atom. The van der Waals surface area contributed by atoms with Crippen LogP contribution in [0.3, 0.4) is 0 Å². The molecule has 5 nitrogen and oxygen atoms in total. The van der Waals surface area contributed by atoms with Gasteiger partial charge >= 0.3 is 0 Å². The minimum atomic E-state index is -3.55. The number of nitrogens with one attached hydrogen (secondary N) is 1. The zero-order valence-electron chi connectivity index (χ0n) is 11.3. The van der Waals surface area contributed by atoms with Crippen LogP contribution in [0, 0.1) is 6.92 Å². The molecule has 0 amide bonds. The highest BCUT2D eigenvalue weighted by molar-refractivity contribution is 7.91. The highest BCUT2D eigenvalue weighted by atomic mass is 32.2. The number of hydrogen-bond acceptors (Lipinski definition) is 5. The van der Waals surface area contributed by atoms with E-state index >= 15 is 0 Å². The van der Waals surface area contributed by atoms with Crippen molar-refractivity contribution in [3.8, 4) is 0 Å². The molecular weight excluding hydrogens is 294 g/mol. The van der Waals surface area contributed by atoms with Crippen molar-refractivity contribution in [1.29, 1.82) is 0 Å². The van der Waals surface area contributed by atoms with Gasteiger partial charge in [0, 0.05) is 17.6 Å². The van der Waals surface area contributed by atoms with Crippen molar-refractivity contribution >= 4 is 21.4 Å². The molecule has 0 bridgehead atoms. The van der Waals surface area contributed by atoms with Crippen molar-refractivity contribution in [2.24, 2.45) is 5.73 Å². The summed E-state index contributed by atoms with van der Waals surface area (Å²) in [5.41, 5.74) is 7.17. The Balaban J connectivity index is 2.23. The first-order valence-electron chi connectivity index (χ1n) is 6.16. The quantitative estimate of drug-likeness (QED) is 0.884. The largest absolute Gasteiger partial charge is 0.326 e. The number of rotatable bonds is 5. The van der Waals surface area contributed by atoms with Crippen LogP contribution in [0.2, 0.25) is 0 Å². The first-order chi connectivity index (χ1) is 9.44. The predicted octanol–water partition coefficient (Wildman–Crippen LogP) is 1.95. The first kappa shape index (κ1) is 15.1. The summed E-state index contributed by atoms with van der Waals surface area (Å²) in [5.74, 6) is 0. The van der Waals surface area contributed by atoms with E-state index in [0.29, 0.717) is 16.4 Å². The van der Waals surface area contributed by atoms with E-state index in [9.17, 15) is 8.42 Å². The standard InChI is InChI=1S/C13H17N3O2S2/c1-9-7-13(19-12(9)8-14)20(17,18)16-10(2)11-5-3-4-6-15-11/h3-7,10,16H,8,14H2,1-2H3. The van der Waals surface area contributed by atoms with Crippen LogP contribution in [0.15, 0.2) is 34.7 Å². The summed E-state index contributed by atoms with van der Waals surface area (Å²) in [6, 6.07) is 6.68. The maximum absolute atomic E-state index is 12.3. The molecule has 0 fully saturated rings. The van der Waals surface area contributed by atoms with Gasteiger partial charge in [0.25, 0.3) is 10.0 Å². The van der Waals surface area contributed by atoms with E-state index in [1.165, 1.54) is 11.3 Å². The molecule has 2 aromatic heterocycles. The van der Waals surface area contributed by atoms with Crippen LogP contribution < -0.4 is 10.5 Å². The Kier molecular flexibility index (Phi) is 4.54. The first-order valence-corrected chi connectivity index (χ1v) is 8.46. The molecule has 20 heavy (non-hydrogen) atoms. The Hall–Kier alpha value is -1.28. The molecule has 1 unspecified atom stereocenters. The smallest absolute Gasteiger partial charge is 0.250 e. The van der Waals surface area contributed by atoms with Crippen molar-refractivity contribution in [3.05, 3.63) is 46.6 Å². The van der Waals surface area contributed by atoms with Crippen LogP contribution >= 0.6 is 11.3 Å². The van der Waals surface area contributed by atoms with E-state index in [0.717, 1.165) is 10.4 Å². The number of aromatic nitrogens is 1. The normalized spacial score (nSPS) is 13.3. The van der Waals surface area contributed by atoms with E-state index in [1.807, 2.05) is 13.0 Å². The fraction of sp³-hybridized carbons (Fsp3) is 0.308. The molecule has 0 aromatic carbocycles. The zero-order valence-corrected chi connectivity index (χ0v) is 13.0. The average Bonchev–Trinajstić information content (AvgIpc) is 2.81. The van der Waals surface area contributed by atoms with Gasteiger partial charge in [-0.2, -0.15) is 0 Å². The van der Waals surface area contributed by atoms with Gasteiger partial charge in [-0.1, -0.05) is 6.07 Å². The Bertz CT molecular complexity index is 681. The van der Waals surface area contributed by atoms with E-state index in [1.54, 1.807) is 31.3 Å². The molecule has 0 aliphatic heterocycles. The van der Waals surface area contributed by atoms with Gasteiger partial charge < -0.3 is 5.73 Å². The highest BCUT2D eigenvalue weighted by Crippen LogP contribution is 2.26. The maximum atomic E-state index is 12.3. The second kappa shape index (κ2) is 6.01. The maximum Gasteiger partial charge on any atom is 0.250 e. The molecule has 3 N–H and O–H groups in total. The Morgan fingerprint density at radius 2 is 2.20 bits per heavy atom. The van der Waals surface area contributed by atoms with Crippen molar-refractivity contribution in [3.63, 3.8) is 0 Å².